The second-order valence-corrected chi connectivity index (χ2v) is 5.76. The largest absolute Gasteiger partial charge is 0.353 e. The van der Waals surface area contributed by atoms with E-state index in [9.17, 15) is 4.79 Å². The molecular formula is C16H24N2O. The van der Waals surface area contributed by atoms with Gasteiger partial charge in [-0.2, -0.15) is 0 Å². The normalized spacial score (nSPS) is 22.1. The van der Waals surface area contributed by atoms with Crippen molar-refractivity contribution in [2.24, 2.45) is 0 Å². The van der Waals surface area contributed by atoms with Gasteiger partial charge < -0.3 is 10.6 Å². The number of amides is 1. The first-order valence-corrected chi connectivity index (χ1v) is 7.19. The van der Waals surface area contributed by atoms with E-state index in [1.165, 1.54) is 17.5 Å². The lowest BCUT2D eigenvalue weighted by Gasteiger charge is -2.30. The Bertz CT molecular complexity index is 442. The summed E-state index contributed by atoms with van der Waals surface area (Å²) in [7, 11) is 0. The topological polar surface area (TPSA) is 41.1 Å². The molecule has 0 aromatic heterocycles. The van der Waals surface area contributed by atoms with E-state index in [1.807, 2.05) is 13.8 Å². The van der Waals surface area contributed by atoms with Crippen LogP contribution in [0.1, 0.15) is 56.7 Å². The van der Waals surface area contributed by atoms with Crippen molar-refractivity contribution < 1.29 is 4.79 Å². The standard InChI is InChI=1S/C16H24N2O/c1-11(2)18-16(19)10-17-15-9-8-12(3)13-6-4-5-7-14(13)15/h4-7,11-12,15,17H,8-10H2,1-3H3,(H,18,19). The summed E-state index contributed by atoms with van der Waals surface area (Å²) in [5.74, 6) is 0.699. The second kappa shape index (κ2) is 6.20. The summed E-state index contributed by atoms with van der Waals surface area (Å²) in [5, 5.41) is 6.31. The molecule has 1 aromatic rings. The molecule has 19 heavy (non-hydrogen) atoms. The van der Waals surface area contributed by atoms with Crippen LogP contribution in [0.5, 0.6) is 0 Å². The molecule has 1 aromatic carbocycles. The third-order valence-corrected chi connectivity index (χ3v) is 3.75. The van der Waals surface area contributed by atoms with Crippen molar-refractivity contribution in [2.45, 2.75) is 51.6 Å². The lowest BCUT2D eigenvalue weighted by Crippen LogP contribution is -2.39. The molecule has 0 aliphatic heterocycles. The number of fused-ring (bicyclic) bond motifs is 1. The van der Waals surface area contributed by atoms with Gasteiger partial charge in [0.2, 0.25) is 5.91 Å². The van der Waals surface area contributed by atoms with E-state index in [0.29, 0.717) is 18.5 Å². The van der Waals surface area contributed by atoms with Crippen molar-refractivity contribution >= 4 is 5.91 Å². The van der Waals surface area contributed by atoms with Crippen LogP contribution in [0.25, 0.3) is 0 Å². The molecule has 1 amide bonds. The van der Waals surface area contributed by atoms with E-state index in [2.05, 4.69) is 41.8 Å². The molecule has 0 fully saturated rings. The van der Waals surface area contributed by atoms with Gasteiger partial charge in [-0.05, 0) is 43.7 Å². The summed E-state index contributed by atoms with van der Waals surface area (Å²) in [6.07, 6.45) is 2.29. The number of hydrogen-bond acceptors (Lipinski definition) is 2. The van der Waals surface area contributed by atoms with Crippen LogP contribution in [0.2, 0.25) is 0 Å². The molecule has 1 aliphatic rings. The first-order valence-electron chi connectivity index (χ1n) is 7.19. The molecular weight excluding hydrogens is 236 g/mol. The van der Waals surface area contributed by atoms with Gasteiger partial charge in [0.25, 0.3) is 0 Å². The van der Waals surface area contributed by atoms with Crippen molar-refractivity contribution in [2.75, 3.05) is 6.54 Å². The minimum atomic E-state index is 0.0751. The van der Waals surface area contributed by atoms with Gasteiger partial charge in [0, 0.05) is 12.1 Å². The number of nitrogens with one attached hydrogen (secondary N) is 2. The van der Waals surface area contributed by atoms with Crippen molar-refractivity contribution in [1.29, 1.82) is 0 Å². The van der Waals surface area contributed by atoms with E-state index >= 15 is 0 Å². The Hall–Kier alpha value is -1.35. The van der Waals surface area contributed by atoms with Gasteiger partial charge in [0.1, 0.15) is 0 Å². The van der Waals surface area contributed by atoms with E-state index in [-0.39, 0.29) is 11.9 Å². The summed E-state index contributed by atoms with van der Waals surface area (Å²) in [6, 6.07) is 9.09. The maximum absolute atomic E-state index is 11.7. The fraction of sp³-hybridized carbons (Fsp3) is 0.562. The zero-order valence-corrected chi connectivity index (χ0v) is 12.1. The molecule has 2 N–H and O–H groups in total. The highest BCUT2D eigenvalue weighted by Crippen LogP contribution is 2.36. The van der Waals surface area contributed by atoms with E-state index < -0.39 is 0 Å². The molecule has 2 atom stereocenters. The zero-order valence-electron chi connectivity index (χ0n) is 12.1. The van der Waals surface area contributed by atoms with Crippen LogP contribution >= 0.6 is 0 Å². The van der Waals surface area contributed by atoms with Crippen LogP contribution in [-0.4, -0.2) is 18.5 Å². The average Bonchev–Trinajstić information content (AvgIpc) is 2.37. The summed E-state index contributed by atoms with van der Waals surface area (Å²) in [5.41, 5.74) is 2.79. The minimum absolute atomic E-state index is 0.0751. The lowest BCUT2D eigenvalue weighted by atomic mass is 9.81. The van der Waals surface area contributed by atoms with E-state index in [4.69, 9.17) is 0 Å². The Morgan fingerprint density at radius 1 is 1.26 bits per heavy atom. The second-order valence-electron chi connectivity index (χ2n) is 5.76. The van der Waals surface area contributed by atoms with Crippen molar-refractivity contribution in [3.8, 4) is 0 Å². The van der Waals surface area contributed by atoms with Crippen LogP contribution < -0.4 is 10.6 Å². The van der Waals surface area contributed by atoms with Gasteiger partial charge in [-0.15, -0.1) is 0 Å². The summed E-state index contributed by atoms with van der Waals surface area (Å²) in [6.45, 7) is 6.64. The zero-order chi connectivity index (χ0) is 13.8. The van der Waals surface area contributed by atoms with Crippen LogP contribution in [0.15, 0.2) is 24.3 Å². The van der Waals surface area contributed by atoms with Gasteiger partial charge in [0.15, 0.2) is 0 Å². The smallest absolute Gasteiger partial charge is 0.234 e. The Morgan fingerprint density at radius 2 is 1.95 bits per heavy atom. The molecule has 0 saturated carbocycles. The Kier molecular flexibility index (Phi) is 4.59. The molecule has 3 nitrogen and oxygen atoms in total. The SMILES string of the molecule is CC(C)NC(=O)CNC1CCC(C)c2ccccc21. The first-order chi connectivity index (χ1) is 9.08. The molecule has 2 rings (SSSR count). The van der Waals surface area contributed by atoms with Crippen molar-refractivity contribution in [3.05, 3.63) is 35.4 Å². The van der Waals surface area contributed by atoms with Gasteiger partial charge in [-0.3, -0.25) is 4.79 Å². The molecule has 0 saturated heterocycles. The van der Waals surface area contributed by atoms with Gasteiger partial charge in [-0.25, -0.2) is 0 Å². The molecule has 3 heteroatoms. The fourth-order valence-electron chi connectivity index (χ4n) is 2.81. The Balaban J connectivity index is 1.99. The van der Waals surface area contributed by atoms with Crippen LogP contribution in [0, 0.1) is 0 Å². The quantitative estimate of drug-likeness (QED) is 0.874. The summed E-state index contributed by atoms with van der Waals surface area (Å²) in [4.78, 5) is 11.7. The predicted octanol–water partition coefficient (Wildman–Crippen LogP) is 2.74. The molecule has 0 spiro atoms. The number of benzene rings is 1. The van der Waals surface area contributed by atoms with E-state index in [0.717, 1.165) is 6.42 Å². The monoisotopic (exact) mass is 260 g/mol. The van der Waals surface area contributed by atoms with Crippen LogP contribution in [0.4, 0.5) is 0 Å². The third-order valence-electron chi connectivity index (χ3n) is 3.75. The Labute approximate surface area is 115 Å². The molecule has 2 unspecified atom stereocenters. The van der Waals surface area contributed by atoms with Crippen LogP contribution in [0.3, 0.4) is 0 Å². The molecule has 1 aliphatic carbocycles. The third kappa shape index (κ3) is 3.57. The molecule has 0 heterocycles. The van der Waals surface area contributed by atoms with Crippen LogP contribution in [-0.2, 0) is 4.79 Å². The number of rotatable bonds is 4. The minimum Gasteiger partial charge on any atom is -0.353 e. The van der Waals surface area contributed by atoms with Gasteiger partial charge >= 0.3 is 0 Å². The highest BCUT2D eigenvalue weighted by atomic mass is 16.1. The molecule has 0 bridgehead atoms. The van der Waals surface area contributed by atoms with Gasteiger partial charge in [-0.1, -0.05) is 31.2 Å². The predicted molar refractivity (Wildman–Crippen MR) is 78.1 cm³/mol. The summed E-state index contributed by atoms with van der Waals surface area (Å²) >= 11 is 0. The number of carbonyl (C=O) groups is 1. The maximum atomic E-state index is 11.7. The first kappa shape index (κ1) is 14.1. The highest BCUT2D eigenvalue weighted by Gasteiger charge is 2.24. The average molecular weight is 260 g/mol. The van der Waals surface area contributed by atoms with Crippen molar-refractivity contribution in [3.63, 3.8) is 0 Å². The van der Waals surface area contributed by atoms with E-state index in [1.54, 1.807) is 0 Å². The van der Waals surface area contributed by atoms with Gasteiger partial charge in [0.05, 0.1) is 6.54 Å². The lowest BCUT2D eigenvalue weighted by molar-refractivity contribution is -0.120. The number of carbonyl (C=O) groups excluding carboxylic acids is 1. The summed E-state index contributed by atoms with van der Waals surface area (Å²) < 4.78 is 0. The van der Waals surface area contributed by atoms with Crippen molar-refractivity contribution in [1.82, 2.24) is 10.6 Å². The molecule has 0 radical (unpaired) electrons. The highest BCUT2D eigenvalue weighted by molar-refractivity contribution is 5.78. The molecule has 104 valence electrons. The number of hydrogen-bond donors (Lipinski definition) is 2. The maximum Gasteiger partial charge on any atom is 0.234 e. The fourth-order valence-corrected chi connectivity index (χ4v) is 2.81. The Morgan fingerprint density at radius 3 is 2.63 bits per heavy atom.